The first kappa shape index (κ1) is 19.0. The third-order valence-corrected chi connectivity index (χ3v) is 7.98. The Bertz CT molecular complexity index is 1360. The normalized spacial score (nSPS) is 21.2. The summed E-state index contributed by atoms with van der Waals surface area (Å²) in [6.45, 7) is 0. The lowest BCUT2D eigenvalue weighted by Gasteiger charge is -2.22. The van der Waals surface area contributed by atoms with Gasteiger partial charge in [-0.3, -0.25) is 0 Å². The van der Waals surface area contributed by atoms with Crippen molar-refractivity contribution >= 4 is 21.6 Å². The molecule has 2 atom stereocenters. The first-order chi connectivity index (χ1) is 15.8. The molecule has 1 aliphatic rings. The van der Waals surface area contributed by atoms with E-state index in [9.17, 15) is 5.26 Å². The lowest BCUT2D eigenvalue weighted by atomic mass is 9.80. The van der Waals surface area contributed by atoms with E-state index in [0.717, 1.165) is 26.4 Å². The van der Waals surface area contributed by atoms with E-state index in [1.807, 2.05) is 36.4 Å². The van der Waals surface area contributed by atoms with Crippen molar-refractivity contribution in [2.75, 3.05) is 0 Å². The van der Waals surface area contributed by atoms with Gasteiger partial charge in [0.1, 0.15) is 10.4 Å². The van der Waals surface area contributed by atoms with Gasteiger partial charge < -0.3 is 0 Å². The standard InChI is InChI=1S/C29H20N2S/c30-20-28(27-31-24-18-10-11-19-25(24)32-27)26(21-12-4-1-5-13-21)29(28,22-14-6-2-7-15-22)23-16-8-3-9-17-23/h1-19,26H. The summed E-state index contributed by atoms with van der Waals surface area (Å²) in [5.41, 5.74) is 3.12. The van der Waals surface area contributed by atoms with Crippen molar-refractivity contribution in [2.24, 2.45) is 0 Å². The molecule has 2 unspecified atom stereocenters. The maximum Gasteiger partial charge on any atom is 0.131 e. The van der Waals surface area contributed by atoms with Crippen molar-refractivity contribution < 1.29 is 0 Å². The number of hydrogen-bond donors (Lipinski definition) is 0. The second-order valence-corrected chi connectivity index (χ2v) is 9.32. The Morgan fingerprint density at radius 3 is 1.78 bits per heavy atom. The predicted molar refractivity (Wildman–Crippen MR) is 130 cm³/mol. The van der Waals surface area contributed by atoms with E-state index in [1.165, 1.54) is 5.56 Å². The minimum absolute atomic E-state index is 0.0356. The van der Waals surface area contributed by atoms with Gasteiger partial charge in [0, 0.05) is 5.92 Å². The lowest BCUT2D eigenvalue weighted by molar-refractivity contribution is 0.716. The van der Waals surface area contributed by atoms with Gasteiger partial charge in [0.15, 0.2) is 0 Å². The molecule has 152 valence electrons. The SMILES string of the molecule is N#CC1(c2nc3ccccc3s2)C(c2ccccc2)C1(c1ccccc1)c1ccccc1. The number of nitrogens with zero attached hydrogens (tertiary/aromatic N) is 2. The molecule has 6 rings (SSSR count). The molecule has 4 aromatic carbocycles. The Morgan fingerprint density at radius 2 is 1.22 bits per heavy atom. The summed E-state index contributed by atoms with van der Waals surface area (Å²) in [4.78, 5) is 5.04. The Labute approximate surface area is 191 Å². The monoisotopic (exact) mass is 428 g/mol. The summed E-state index contributed by atoms with van der Waals surface area (Å²) >= 11 is 1.65. The fourth-order valence-electron chi connectivity index (χ4n) is 5.51. The molecule has 1 heterocycles. The Morgan fingerprint density at radius 1 is 0.688 bits per heavy atom. The average Bonchev–Trinajstić information content (AvgIpc) is 3.29. The molecule has 5 aromatic rings. The summed E-state index contributed by atoms with van der Waals surface area (Å²) in [6.07, 6.45) is 0. The number of para-hydroxylation sites is 1. The quantitative estimate of drug-likeness (QED) is 0.314. The fourth-order valence-corrected chi connectivity index (χ4v) is 6.71. The number of hydrogen-bond acceptors (Lipinski definition) is 3. The molecule has 0 spiro atoms. The van der Waals surface area contributed by atoms with Crippen LogP contribution in [-0.2, 0) is 10.8 Å². The first-order valence-corrected chi connectivity index (χ1v) is 11.6. The highest BCUT2D eigenvalue weighted by Crippen LogP contribution is 2.77. The van der Waals surface area contributed by atoms with Crippen LogP contribution in [0.25, 0.3) is 10.2 Å². The lowest BCUT2D eigenvalue weighted by Crippen LogP contribution is -2.22. The summed E-state index contributed by atoms with van der Waals surface area (Å²) in [5.74, 6) is -0.0356. The van der Waals surface area contributed by atoms with Gasteiger partial charge in [-0.15, -0.1) is 11.3 Å². The molecule has 0 amide bonds. The van der Waals surface area contributed by atoms with Gasteiger partial charge in [-0.25, -0.2) is 4.98 Å². The minimum atomic E-state index is -0.791. The third kappa shape index (κ3) is 2.42. The van der Waals surface area contributed by atoms with Crippen LogP contribution in [0.2, 0.25) is 0 Å². The van der Waals surface area contributed by atoms with Crippen LogP contribution in [0.3, 0.4) is 0 Å². The molecule has 1 aromatic heterocycles. The zero-order chi connectivity index (χ0) is 21.6. The molecule has 3 heteroatoms. The highest BCUT2D eigenvalue weighted by atomic mass is 32.1. The van der Waals surface area contributed by atoms with Crippen LogP contribution < -0.4 is 0 Å². The third-order valence-electron chi connectivity index (χ3n) is 6.80. The van der Waals surface area contributed by atoms with E-state index in [1.54, 1.807) is 11.3 Å². The van der Waals surface area contributed by atoms with Crippen molar-refractivity contribution in [1.29, 1.82) is 5.26 Å². The first-order valence-electron chi connectivity index (χ1n) is 10.8. The largest absolute Gasteiger partial charge is 0.239 e. The van der Waals surface area contributed by atoms with Crippen LogP contribution in [-0.4, -0.2) is 4.98 Å². The van der Waals surface area contributed by atoms with Gasteiger partial charge in [-0.1, -0.05) is 103 Å². The minimum Gasteiger partial charge on any atom is -0.239 e. The van der Waals surface area contributed by atoms with Crippen LogP contribution in [0.15, 0.2) is 115 Å². The number of fused-ring (bicyclic) bond motifs is 1. The number of benzene rings is 4. The Balaban J connectivity index is 1.72. The van der Waals surface area contributed by atoms with Crippen LogP contribution in [0.1, 0.15) is 27.6 Å². The molecule has 1 saturated carbocycles. The van der Waals surface area contributed by atoms with E-state index >= 15 is 0 Å². The molecule has 1 aliphatic carbocycles. The summed E-state index contributed by atoms with van der Waals surface area (Å²) in [7, 11) is 0. The van der Waals surface area contributed by atoms with E-state index in [0.29, 0.717) is 0 Å². The molecule has 0 N–H and O–H groups in total. The second kappa shape index (κ2) is 7.15. The molecule has 1 fully saturated rings. The van der Waals surface area contributed by atoms with E-state index in [-0.39, 0.29) is 5.92 Å². The van der Waals surface area contributed by atoms with E-state index in [4.69, 9.17) is 4.98 Å². The molecule has 2 nitrogen and oxygen atoms in total. The fraction of sp³-hybridized carbons (Fsp3) is 0.103. The highest BCUT2D eigenvalue weighted by Gasteiger charge is 2.81. The number of rotatable bonds is 4. The molecule has 0 saturated heterocycles. The predicted octanol–water partition coefficient (Wildman–Crippen LogP) is 6.84. The Hall–Kier alpha value is -3.74. The molecular formula is C29H20N2S. The zero-order valence-corrected chi connectivity index (χ0v) is 18.2. The van der Waals surface area contributed by atoms with Crippen molar-refractivity contribution in [3.8, 4) is 6.07 Å². The molecule has 32 heavy (non-hydrogen) atoms. The number of aromatic nitrogens is 1. The molecule has 0 aliphatic heterocycles. The maximum absolute atomic E-state index is 10.9. The molecular weight excluding hydrogens is 408 g/mol. The second-order valence-electron chi connectivity index (χ2n) is 8.29. The maximum atomic E-state index is 10.9. The van der Waals surface area contributed by atoms with E-state index in [2.05, 4.69) is 84.9 Å². The van der Waals surface area contributed by atoms with Crippen LogP contribution in [0.4, 0.5) is 0 Å². The van der Waals surface area contributed by atoms with Crippen LogP contribution in [0, 0.1) is 11.3 Å². The zero-order valence-electron chi connectivity index (χ0n) is 17.3. The topological polar surface area (TPSA) is 36.7 Å². The summed E-state index contributed by atoms with van der Waals surface area (Å²) in [6, 6.07) is 42.4. The van der Waals surface area contributed by atoms with Crippen molar-refractivity contribution in [3.63, 3.8) is 0 Å². The van der Waals surface area contributed by atoms with Gasteiger partial charge in [0.05, 0.1) is 21.7 Å². The van der Waals surface area contributed by atoms with Gasteiger partial charge >= 0.3 is 0 Å². The number of nitriles is 1. The van der Waals surface area contributed by atoms with Gasteiger partial charge in [0.25, 0.3) is 0 Å². The van der Waals surface area contributed by atoms with Crippen molar-refractivity contribution in [1.82, 2.24) is 4.98 Å². The van der Waals surface area contributed by atoms with Crippen LogP contribution >= 0.6 is 11.3 Å². The van der Waals surface area contributed by atoms with Gasteiger partial charge in [-0.2, -0.15) is 5.26 Å². The number of thiazole rings is 1. The molecule has 0 radical (unpaired) electrons. The summed E-state index contributed by atoms with van der Waals surface area (Å²) in [5, 5.41) is 11.8. The molecule has 0 bridgehead atoms. The van der Waals surface area contributed by atoms with Gasteiger partial charge in [0.2, 0.25) is 0 Å². The highest BCUT2D eigenvalue weighted by molar-refractivity contribution is 7.18. The smallest absolute Gasteiger partial charge is 0.131 e. The Kier molecular flexibility index (Phi) is 4.24. The summed E-state index contributed by atoms with van der Waals surface area (Å²) < 4.78 is 1.12. The van der Waals surface area contributed by atoms with Crippen molar-refractivity contribution in [2.45, 2.75) is 16.7 Å². The van der Waals surface area contributed by atoms with Crippen molar-refractivity contribution in [3.05, 3.63) is 137 Å². The van der Waals surface area contributed by atoms with Gasteiger partial charge in [-0.05, 0) is 28.8 Å². The van der Waals surface area contributed by atoms with Crippen LogP contribution in [0.5, 0.6) is 0 Å². The average molecular weight is 429 g/mol. The van der Waals surface area contributed by atoms with E-state index < -0.39 is 10.8 Å².